The Morgan fingerprint density at radius 3 is 2.28 bits per heavy atom. The topological polar surface area (TPSA) is 63.6 Å². The standard InChI is InChI=1S/C21H38O4/c1-3-5-6-13-16-19(22)17-14-11-9-7-8-10-12-15-18-21(24)25-20(23)4-2/h11,14,19,22H,3-10,12-13,15-18H2,1-2H3/t19-/m1/s1. The third-order valence-corrected chi connectivity index (χ3v) is 4.23. The summed E-state index contributed by atoms with van der Waals surface area (Å²) in [5.41, 5.74) is 0. The largest absolute Gasteiger partial charge is 0.393 e. The van der Waals surface area contributed by atoms with Gasteiger partial charge in [0.15, 0.2) is 0 Å². The van der Waals surface area contributed by atoms with Crippen LogP contribution in [-0.4, -0.2) is 23.1 Å². The number of hydrogen-bond acceptors (Lipinski definition) is 4. The van der Waals surface area contributed by atoms with Gasteiger partial charge in [-0.2, -0.15) is 0 Å². The molecule has 0 amide bonds. The normalized spacial score (nSPS) is 12.4. The van der Waals surface area contributed by atoms with Crippen LogP contribution in [-0.2, 0) is 14.3 Å². The second-order valence-corrected chi connectivity index (χ2v) is 6.72. The number of carbonyl (C=O) groups is 2. The number of rotatable bonds is 16. The van der Waals surface area contributed by atoms with Crippen LogP contribution in [0, 0.1) is 0 Å². The molecular weight excluding hydrogens is 316 g/mol. The summed E-state index contributed by atoms with van der Waals surface area (Å²) in [6, 6.07) is 0. The summed E-state index contributed by atoms with van der Waals surface area (Å²) >= 11 is 0. The third-order valence-electron chi connectivity index (χ3n) is 4.23. The van der Waals surface area contributed by atoms with E-state index < -0.39 is 11.9 Å². The van der Waals surface area contributed by atoms with Crippen LogP contribution in [0.3, 0.4) is 0 Å². The molecule has 0 aliphatic rings. The van der Waals surface area contributed by atoms with Crippen LogP contribution >= 0.6 is 0 Å². The van der Waals surface area contributed by atoms with Crippen molar-refractivity contribution < 1.29 is 19.4 Å². The lowest BCUT2D eigenvalue weighted by Crippen LogP contribution is -2.10. The maximum atomic E-state index is 11.3. The molecule has 146 valence electrons. The maximum Gasteiger partial charge on any atom is 0.313 e. The van der Waals surface area contributed by atoms with E-state index in [1.54, 1.807) is 6.92 Å². The second-order valence-electron chi connectivity index (χ2n) is 6.72. The highest BCUT2D eigenvalue weighted by atomic mass is 16.6. The van der Waals surface area contributed by atoms with Crippen LogP contribution in [0.2, 0.25) is 0 Å². The molecule has 0 aromatic rings. The van der Waals surface area contributed by atoms with Crippen LogP contribution < -0.4 is 0 Å². The molecule has 0 saturated heterocycles. The zero-order valence-corrected chi connectivity index (χ0v) is 16.3. The molecule has 4 heteroatoms. The van der Waals surface area contributed by atoms with E-state index in [9.17, 15) is 14.7 Å². The van der Waals surface area contributed by atoms with Crippen LogP contribution in [0.5, 0.6) is 0 Å². The number of ether oxygens (including phenoxy) is 1. The molecule has 1 N–H and O–H groups in total. The number of unbranched alkanes of at least 4 members (excludes halogenated alkanes) is 8. The van der Waals surface area contributed by atoms with Gasteiger partial charge in [-0.1, -0.05) is 70.9 Å². The van der Waals surface area contributed by atoms with E-state index in [2.05, 4.69) is 23.8 Å². The molecule has 0 saturated carbocycles. The molecule has 25 heavy (non-hydrogen) atoms. The van der Waals surface area contributed by atoms with Gasteiger partial charge >= 0.3 is 11.9 Å². The summed E-state index contributed by atoms with van der Waals surface area (Å²) < 4.78 is 4.62. The van der Waals surface area contributed by atoms with E-state index in [4.69, 9.17) is 0 Å². The number of aliphatic hydroxyl groups excluding tert-OH is 1. The minimum atomic E-state index is -0.442. The van der Waals surface area contributed by atoms with Gasteiger partial charge in [0.1, 0.15) is 0 Å². The summed E-state index contributed by atoms with van der Waals surface area (Å²) in [6.07, 6.45) is 17.4. The third kappa shape index (κ3) is 17.5. The Morgan fingerprint density at radius 1 is 0.880 bits per heavy atom. The molecule has 1 atom stereocenters. The quantitative estimate of drug-likeness (QED) is 0.173. The van der Waals surface area contributed by atoms with Crippen molar-refractivity contribution in [3.05, 3.63) is 12.2 Å². The van der Waals surface area contributed by atoms with Gasteiger partial charge in [-0.25, -0.2) is 0 Å². The van der Waals surface area contributed by atoms with Crippen LogP contribution in [0.1, 0.15) is 104 Å². The summed E-state index contributed by atoms with van der Waals surface area (Å²) in [6.45, 7) is 3.88. The zero-order chi connectivity index (χ0) is 18.8. The Morgan fingerprint density at radius 2 is 1.56 bits per heavy atom. The molecule has 0 heterocycles. The highest BCUT2D eigenvalue weighted by Gasteiger charge is 2.07. The number of esters is 2. The van der Waals surface area contributed by atoms with E-state index in [1.807, 2.05) is 0 Å². The Balaban J connectivity index is 3.37. The molecule has 0 aromatic carbocycles. The van der Waals surface area contributed by atoms with Crippen molar-refractivity contribution in [2.75, 3.05) is 0 Å². The van der Waals surface area contributed by atoms with Gasteiger partial charge in [0.05, 0.1) is 6.10 Å². The molecule has 0 spiro atoms. The minimum Gasteiger partial charge on any atom is -0.393 e. The average Bonchev–Trinajstić information content (AvgIpc) is 2.60. The molecule has 0 radical (unpaired) electrons. The summed E-state index contributed by atoms with van der Waals surface area (Å²) in [5.74, 6) is -0.842. The first kappa shape index (κ1) is 23.8. The van der Waals surface area contributed by atoms with Crippen molar-refractivity contribution in [3.63, 3.8) is 0 Å². The van der Waals surface area contributed by atoms with Gasteiger partial charge in [0.25, 0.3) is 0 Å². The fourth-order valence-electron chi connectivity index (χ4n) is 2.61. The Hall–Kier alpha value is -1.16. The number of aliphatic hydroxyl groups is 1. The van der Waals surface area contributed by atoms with E-state index in [0.717, 1.165) is 57.8 Å². The Kier molecular flexibility index (Phi) is 16.8. The van der Waals surface area contributed by atoms with E-state index in [0.29, 0.717) is 6.42 Å². The minimum absolute atomic E-state index is 0.188. The highest BCUT2D eigenvalue weighted by molar-refractivity contribution is 5.85. The Bertz CT molecular complexity index is 363. The van der Waals surface area contributed by atoms with Gasteiger partial charge < -0.3 is 9.84 Å². The lowest BCUT2D eigenvalue weighted by molar-refractivity contribution is -0.159. The summed E-state index contributed by atoms with van der Waals surface area (Å²) in [5, 5.41) is 9.85. The first-order valence-corrected chi connectivity index (χ1v) is 10.2. The number of allylic oxidation sites excluding steroid dienone is 1. The number of carbonyl (C=O) groups excluding carboxylic acids is 2. The van der Waals surface area contributed by atoms with Crippen molar-refractivity contribution in [2.45, 2.75) is 110 Å². The van der Waals surface area contributed by atoms with Gasteiger partial charge in [0, 0.05) is 12.8 Å². The lowest BCUT2D eigenvalue weighted by Gasteiger charge is -2.07. The van der Waals surface area contributed by atoms with E-state index >= 15 is 0 Å². The van der Waals surface area contributed by atoms with Crippen molar-refractivity contribution in [1.82, 2.24) is 0 Å². The van der Waals surface area contributed by atoms with Crippen LogP contribution in [0.15, 0.2) is 12.2 Å². The lowest BCUT2D eigenvalue weighted by atomic mass is 10.1. The fraction of sp³-hybridized carbons (Fsp3) is 0.810. The molecule has 0 unspecified atom stereocenters. The fourth-order valence-corrected chi connectivity index (χ4v) is 2.61. The van der Waals surface area contributed by atoms with Gasteiger partial charge in [-0.3, -0.25) is 9.59 Å². The summed E-state index contributed by atoms with van der Waals surface area (Å²) in [4.78, 5) is 22.2. The van der Waals surface area contributed by atoms with Crippen molar-refractivity contribution in [3.8, 4) is 0 Å². The molecule has 4 nitrogen and oxygen atoms in total. The smallest absolute Gasteiger partial charge is 0.313 e. The number of hydrogen-bond donors (Lipinski definition) is 1. The average molecular weight is 355 g/mol. The molecule has 0 rings (SSSR count). The predicted molar refractivity (Wildman–Crippen MR) is 102 cm³/mol. The molecule has 0 aromatic heterocycles. The van der Waals surface area contributed by atoms with Crippen LogP contribution in [0.4, 0.5) is 0 Å². The van der Waals surface area contributed by atoms with Gasteiger partial charge in [0.2, 0.25) is 0 Å². The van der Waals surface area contributed by atoms with Crippen LogP contribution in [0.25, 0.3) is 0 Å². The molecule has 0 bridgehead atoms. The first-order valence-electron chi connectivity index (χ1n) is 10.2. The maximum absolute atomic E-state index is 11.3. The van der Waals surface area contributed by atoms with E-state index in [-0.39, 0.29) is 12.5 Å². The first-order chi connectivity index (χ1) is 12.1. The molecule has 0 fully saturated rings. The van der Waals surface area contributed by atoms with Gasteiger partial charge in [-0.15, -0.1) is 0 Å². The van der Waals surface area contributed by atoms with E-state index in [1.165, 1.54) is 19.3 Å². The van der Waals surface area contributed by atoms with Crippen molar-refractivity contribution in [2.24, 2.45) is 0 Å². The molecular formula is C21H38O4. The SMILES string of the molecule is CCCCCC[C@@H](O)CC=CCCCCCCCC(=O)OC(=O)CC. The summed E-state index contributed by atoms with van der Waals surface area (Å²) in [7, 11) is 0. The van der Waals surface area contributed by atoms with Crippen molar-refractivity contribution in [1.29, 1.82) is 0 Å². The zero-order valence-electron chi connectivity index (χ0n) is 16.3. The molecule has 0 aliphatic carbocycles. The second kappa shape index (κ2) is 17.7. The van der Waals surface area contributed by atoms with Gasteiger partial charge in [-0.05, 0) is 32.1 Å². The Labute approximate surface area is 154 Å². The van der Waals surface area contributed by atoms with Crippen molar-refractivity contribution >= 4 is 11.9 Å². The predicted octanol–water partition coefficient (Wildman–Crippen LogP) is 5.47. The monoisotopic (exact) mass is 354 g/mol. The molecule has 0 aliphatic heterocycles. The highest BCUT2D eigenvalue weighted by Crippen LogP contribution is 2.10.